The maximum absolute atomic E-state index is 5.74. The Morgan fingerprint density at radius 3 is 2.48 bits per heavy atom. The second kappa shape index (κ2) is 7.46. The Hall–Kier alpha value is -0.800. The van der Waals surface area contributed by atoms with E-state index in [2.05, 4.69) is 70.0 Å². The molecule has 3 heteroatoms. The number of rotatable bonds is 5. The lowest BCUT2D eigenvalue weighted by Gasteiger charge is -2.16. The number of benzene rings is 2. The van der Waals surface area contributed by atoms with Gasteiger partial charge in [-0.05, 0) is 62.1 Å². The van der Waals surface area contributed by atoms with E-state index in [9.17, 15) is 0 Å². The molecule has 2 aromatic carbocycles. The Balaban J connectivity index is 2.24. The van der Waals surface area contributed by atoms with Crippen molar-refractivity contribution in [3.63, 3.8) is 0 Å². The van der Waals surface area contributed by atoms with E-state index in [4.69, 9.17) is 4.74 Å². The highest BCUT2D eigenvalue weighted by molar-refractivity contribution is 9.10. The molecule has 0 aliphatic heterocycles. The lowest BCUT2D eigenvalue weighted by atomic mass is 10.00. The summed E-state index contributed by atoms with van der Waals surface area (Å²) in [5.41, 5.74) is 5.20. The van der Waals surface area contributed by atoms with Crippen LogP contribution in [0.2, 0.25) is 0 Å². The number of hydrogen-bond donors (Lipinski definition) is 0. The molecule has 0 saturated heterocycles. The number of hydrogen-bond acceptors (Lipinski definition) is 1. The van der Waals surface area contributed by atoms with Crippen LogP contribution < -0.4 is 4.74 Å². The zero-order valence-corrected chi connectivity index (χ0v) is 15.8. The van der Waals surface area contributed by atoms with Crippen LogP contribution in [-0.4, -0.2) is 6.61 Å². The van der Waals surface area contributed by atoms with Crippen molar-refractivity contribution in [3.05, 3.63) is 63.1 Å². The molecular weight excluding hydrogens is 392 g/mol. The molecule has 0 saturated carbocycles. The summed E-state index contributed by atoms with van der Waals surface area (Å²) in [6, 6.07) is 12.8. The van der Waals surface area contributed by atoms with Gasteiger partial charge in [0.25, 0.3) is 0 Å². The fraction of sp³-hybridized carbons (Fsp3) is 0.333. The van der Waals surface area contributed by atoms with E-state index in [0.29, 0.717) is 6.61 Å². The van der Waals surface area contributed by atoms with Gasteiger partial charge in [-0.1, -0.05) is 50.1 Å². The minimum Gasteiger partial charge on any atom is -0.494 e. The SMILES string of the molecule is CCOc1ccc(Br)cc1C(Br)Cc1ccc(C)c(C)c1. The molecule has 0 amide bonds. The van der Waals surface area contributed by atoms with Gasteiger partial charge in [-0.3, -0.25) is 0 Å². The third kappa shape index (κ3) is 4.33. The number of alkyl halides is 1. The maximum atomic E-state index is 5.74. The van der Waals surface area contributed by atoms with Gasteiger partial charge in [-0.25, -0.2) is 0 Å². The molecule has 0 aliphatic carbocycles. The summed E-state index contributed by atoms with van der Waals surface area (Å²) >= 11 is 7.37. The standard InChI is InChI=1S/C18H20Br2O/c1-4-21-18-8-7-15(19)11-16(18)17(20)10-14-6-5-12(2)13(3)9-14/h5-9,11,17H,4,10H2,1-3H3. The highest BCUT2D eigenvalue weighted by Gasteiger charge is 2.15. The molecule has 0 heterocycles. The Morgan fingerprint density at radius 2 is 1.81 bits per heavy atom. The third-order valence-corrected chi connectivity index (χ3v) is 4.91. The van der Waals surface area contributed by atoms with Crippen molar-refractivity contribution in [1.82, 2.24) is 0 Å². The summed E-state index contributed by atoms with van der Waals surface area (Å²) in [5.74, 6) is 0.950. The molecule has 0 radical (unpaired) electrons. The zero-order valence-electron chi connectivity index (χ0n) is 12.6. The van der Waals surface area contributed by atoms with E-state index in [0.717, 1.165) is 16.6 Å². The fourth-order valence-corrected chi connectivity index (χ4v) is 3.41. The average Bonchev–Trinajstić information content (AvgIpc) is 2.45. The van der Waals surface area contributed by atoms with Crippen LogP contribution in [0.1, 0.15) is 34.0 Å². The van der Waals surface area contributed by atoms with Crippen molar-refractivity contribution >= 4 is 31.9 Å². The van der Waals surface area contributed by atoms with Crippen molar-refractivity contribution in [2.24, 2.45) is 0 Å². The molecule has 0 spiro atoms. The van der Waals surface area contributed by atoms with Gasteiger partial charge in [0.05, 0.1) is 6.61 Å². The Kier molecular flexibility index (Phi) is 5.88. The van der Waals surface area contributed by atoms with Crippen molar-refractivity contribution in [2.45, 2.75) is 32.0 Å². The quantitative estimate of drug-likeness (QED) is 0.536. The third-order valence-electron chi connectivity index (χ3n) is 3.60. The van der Waals surface area contributed by atoms with Gasteiger partial charge >= 0.3 is 0 Å². The molecule has 0 aliphatic rings. The summed E-state index contributed by atoms with van der Waals surface area (Å²) in [6.45, 7) is 7.00. The Bertz CT molecular complexity index is 623. The maximum Gasteiger partial charge on any atom is 0.123 e. The second-order valence-electron chi connectivity index (χ2n) is 5.21. The molecule has 2 aromatic rings. The van der Waals surface area contributed by atoms with E-state index in [-0.39, 0.29) is 4.83 Å². The summed E-state index contributed by atoms with van der Waals surface area (Å²) < 4.78 is 6.82. The van der Waals surface area contributed by atoms with Crippen molar-refractivity contribution < 1.29 is 4.74 Å². The van der Waals surface area contributed by atoms with Gasteiger partial charge < -0.3 is 4.74 Å². The van der Waals surface area contributed by atoms with Gasteiger partial charge in [0, 0.05) is 14.9 Å². The van der Waals surface area contributed by atoms with E-state index >= 15 is 0 Å². The predicted octanol–water partition coefficient (Wildman–Crippen LogP) is 6.14. The first-order valence-electron chi connectivity index (χ1n) is 7.13. The molecule has 1 atom stereocenters. The Morgan fingerprint density at radius 1 is 1.05 bits per heavy atom. The van der Waals surface area contributed by atoms with E-state index in [1.165, 1.54) is 22.3 Å². The first-order valence-corrected chi connectivity index (χ1v) is 8.84. The number of aryl methyl sites for hydroxylation is 2. The van der Waals surface area contributed by atoms with Crippen LogP contribution in [0.15, 0.2) is 40.9 Å². The number of halogens is 2. The molecule has 21 heavy (non-hydrogen) atoms. The topological polar surface area (TPSA) is 9.23 Å². The minimum atomic E-state index is 0.235. The molecule has 2 rings (SSSR count). The van der Waals surface area contributed by atoms with Gasteiger partial charge in [0.15, 0.2) is 0 Å². The normalized spacial score (nSPS) is 12.2. The molecule has 0 aromatic heterocycles. The predicted molar refractivity (Wildman–Crippen MR) is 96.6 cm³/mol. The van der Waals surface area contributed by atoms with Crippen LogP contribution in [0.3, 0.4) is 0 Å². The van der Waals surface area contributed by atoms with E-state index < -0.39 is 0 Å². The van der Waals surface area contributed by atoms with Crippen LogP contribution in [0.4, 0.5) is 0 Å². The Labute approximate surface area is 144 Å². The fourth-order valence-electron chi connectivity index (χ4n) is 2.30. The van der Waals surface area contributed by atoms with Crippen LogP contribution in [0.25, 0.3) is 0 Å². The van der Waals surface area contributed by atoms with Crippen molar-refractivity contribution in [1.29, 1.82) is 0 Å². The van der Waals surface area contributed by atoms with E-state index in [1.807, 2.05) is 19.1 Å². The van der Waals surface area contributed by atoms with Crippen LogP contribution >= 0.6 is 31.9 Å². The van der Waals surface area contributed by atoms with Crippen molar-refractivity contribution in [3.8, 4) is 5.75 Å². The summed E-state index contributed by atoms with van der Waals surface area (Å²) in [7, 11) is 0. The highest BCUT2D eigenvalue weighted by Crippen LogP contribution is 2.36. The van der Waals surface area contributed by atoms with Crippen LogP contribution in [0.5, 0.6) is 5.75 Å². The second-order valence-corrected chi connectivity index (χ2v) is 7.23. The van der Waals surface area contributed by atoms with Crippen LogP contribution in [-0.2, 0) is 6.42 Å². The largest absolute Gasteiger partial charge is 0.494 e. The molecule has 1 unspecified atom stereocenters. The van der Waals surface area contributed by atoms with Crippen LogP contribution in [0, 0.1) is 13.8 Å². The summed E-state index contributed by atoms with van der Waals surface area (Å²) in [5, 5.41) is 0. The highest BCUT2D eigenvalue weighted by atomic mass is 79.9. The smallest absolute Gasteiger partial charge is 0.123 e. The van der Waals surface area contributed by atoms with Gasteiger partial charge in [-0.2, -0.15) is 0 Å². The molecular formula is C18H20Br2O. The zero-order chi connectivity index (χ0) is 15.4. The van der Waals surface area contributed by atoms with Gasteiger partial charge in [0.2, 0.25) is 0 Å². The molecule has 112 valence electrons. The molecule has 0 bridgehead atoms. The van der Waals surface area contributed by atoms with Gasteiger partial charge in [-0.15, -0.1) is 0 Å². The lowest BCUT2D eigenvalue weighted by molar-refractivity contribution is 0.336. The molecule has 1 nitrogen and oxygen atoms in total. The monoisotopic (exact) mass is 410 g/mol. The summed E-state index contributed by atoms with van der Waals surface area (Å²) in [6.07, 6.45) is 0.942. The number of ether oxygens (including phenoxy) is 1. The van der Waals surface area contributed by atoms with Gasteiger partial charge in [0.1, 0.15) is 5.75 Å². The minimum absolute atomic E-state index is 0.235. The first kappa shape index (κ1) is 16.6. The molecule has 0 fully saturated rings. The first-order chi connectivity index (χ1) is 10.0. The average molecular weight is 412 g/mol. The molecule has 0 N–H and O–H groups in total. The van der Waals surface area contributed by atoms with E-state index in [1.54, 1.807) is 0 Å². The summed E-state index contributed by atoms with van der Waals surface area (Å²) in [4.78, 5) is 0.235. The lowest BCUT2D eigenvalue weighted by Crippen LogP contribution is -2.01. The van der Waals surface area contributed by atoms with Crippen molar-refractivity contribution in [2.75, 3.05) is 6.61 Å².